The van der Waals surface area contributed by atoms with Crippen molar-refractivity contribution in [2.45, 2.75) is 13.5 Å². The van der Waals surface area contributed by atoms with Crippen LogP contribution < -0.4 is 9.80 Å². The first kappa shape index (κ1) is 14.0. The summed E-state index contributed by atoms with van der Waals surface area (Å²) in [4.78, 5) is 17.9. The van der Waals surface area contributed by atoms with E-state index in [9.17, 15) is 0 Å². The van der Waals surface area contributed by atoms with Crippen molar-refractivity contribution < 1.29 is 0 Å². The van der Waals surface area contributed by atoms with E-state index in [2.05, 4.69) is 38.2 Å². The van der Waals surface area contributed by atoms with E-state index < -0.39 is 0 Å². The molecule has 102 valence electrons. The van der Waals surface area contributed by atoms with E-state index in [1.807, 2.05) is 25.1 Å². The molecule has 2 heterocycles. The Morgan fingerprint density at radius 3 is 2.53 bits per heavy atom. The summed E-state index contributed by atoms with van der Waals surface area (Å²) >= 11 is 7.68. The summed E-state index contributed by atoms with van der Waals surface area (Å²) in [6.45, 7) is 3.66. The average Bonchev–Trinajstić information content (AvgIpc) is 2.88. The Morgan fingerprint density at radius 2 is 1.95 bits per heavy atom. The fourth-order valence-electron chi connectivity index (χ4n) is 1.59. The number of hydrogen-bond donors (Lipinski definition) is 0. The summed E-state index contributed by atoms with van der Waals surface area (Å²) in [5, 5.41) is 2.28. The minimum atomic E-state index is 0.221. The van der Waals surface area contributed by atoms with Crippen molar-refractivity contribution >= 4 is 34.8 Å². The van der Waals surface area contributed by atoms with Gasteiger partial charge in [-0.2, -0.15) is 15.0 Å². The van der Waals surface area contributed by atoms with Crippen LogP contribution in [0.1, 0.15) is 11.8 Å². The lowest BCUT2D eigenvalue weighted by Gasteiger charge is -2.21. The second kappa shape index (κ2) is 6.16. The normalized spacial score (nSPS) is 10.5. The highest BCUT2D eigenvalue weighted by atomic mass is 35.5. The van der Waals surface area contributed by atoms with E-state index in [0.29, 0.717) is 11.9 Å². The third kappa shape index (κ3) is 3.54. The predicted octanol–water partition coefficient (Wildman–Crippen LogP) is 2.68. The van der Waals surface area contributed by atoms with Crippen molar-refractivity contribution in [3.8, 4) is 0 Å². The maximum Gasteiger partial charge on any atom is 0.231 e. The van der Waals surface area contributed by atoms with E-state index >= 15 is 0 Å². The van der Waals surface area contributed by atoms with E-state index in [0.717, 1.165) is 13.1 Å². The van der Waals surface area contributed by atoms with Gasteiger partial charge in [-0.1, -0.05) is 6.07 Å². The molecule has 0 radical (unpaired) electrons. The van der Waals surface area contributed by atoms with Gasteiger partial charge in [-0.15, -0.1) is 11.3 Å². The van der Waals surface area contributed by atoms with Crippen molar-refractivity contribution in [2.24, 2.45) is 0 Å². The predicted molar refractivity (Wildman–Crippen MR) is 80.2 cm³/mol. The van der Waals surface area contributed by atoms with Crippen LogP contribution in [0.15, 0.2) is 17.5 Å². The van der Waals surface area contributed by atoms with Gasteiger partial charge in [0.1, 0.15) is 0 Å². The topological polar surface area (TPSA) is 45.2 Å². The molecule has 19 heavy (non-hydrogen) atoms. The zero-order valence-electron chi connectivity index (χ0n) is 11.2. The minimum absolute atomic E-state index is 0.221. The fraction of sp³-hybridized carbons (Fsp3) is 0.417. The van der Waals surface area contributed by atoms with Crippen LogP contribution in [-0.4, -0.2) is 35.6 Å². The molecule has 0 aliphatic carbocycles. The van der Waals surface area contributed by atoms with Crippen molar-refractivity contribution in [1.29, 1.82) is 0 Å². The SMILES string of the molecule is CCN(Cc1cccs1)c1nc(Cl)nc(N(C)C)n1. The highest BCUT2D eigenvalue weighted by Crippen LogP contribution is 2.19. The summed E-state index contributed by atoms with van der Waals surface area (Å²) in [6, 6.07) is 4.14. The van der Waals surface area contributed by atoms with E-state index in [1.165, 1.54) is 4.88 Å². The Bertz CT molecular complexity index is 529. The lowest BCUT2D eigenvalue weighted by Crippen LogP contribution is -2.25. The number of hydrogen-bond acceptors (Lipinski definition) is 6. The Labute approximate surface area is 121 Å². The third-order valence-electron chi connectivity index (χ3n) is 2.58. The van der Waals surface area contributed by atoms with Gasteiger partial charge < -0.3 is 9.80 Å². The van der Waals surface area contributed by atoms with Crippen molar-refractivity contribution in [3.05, 3.63) is 27.7 Å². The molecule has 0 N–H and O–H groups in total. The van der Waals surface area contributed by atoms with Crippen LogP contribution in [0.4, 0.5) is 11.9 Å². The number of nitrogens with zero attached hydrogens (tertiary/aromatic N) is 5. The molecule has 5 nitrogen and oxygen atoms in total. The minimum Gasteiger partial charge on any atom is -0.347 e. The van der Waals surface area contributed by atoms with Crippen LogP contribution in [0.2, 0.25) is 5.28 Å². The number of thiophene rings is 1. The smallest absolute Gasteiger partial charge is 0.231 e. The second-order valence-electron chi connectivity index (χ2n) is 4.19. The van der Waals surface area contributed by atoms with Crippen molar-refractivity contribution in [2.75, 3.05) is 30.4 Å². The number of halogens is 1. The van der Waals surface area contributed by atoms with Crippen LogP contribution in [0.3, 0.4) is 0 Å². The lowest BCUT2D eigenvalue weighted by atomic mass is 10.4. The molecule has 0 aliphatic heterocycles. The summed E-state index contributed by atoms with van der Waals surface area (Å²) in [7, 11) is 3.76. The summed E-state index contributed by atoms with van der Waals surface area (Å²) in [6.07, 6.45) is 0. The molecule has 0 saturated carbocycles. The molecule has 0 atom stereocenters. The maximum absolute atomic E-state index is 5.96. The first-order chi connectivity index (χ1) is 9.10. The van der Waals surface area contributed by atoms with Crippen molar-refractivity contribution in [1.82, 2.24) is 15.0 Å². The number of aromatic nitrogens is 3. The van der Waals surface area contributed by atoms with Gasteiger partial charge in [-0.3, -0.25) is 0 Å². The molecule has 0 saturated heterocycles. The summed E-state index contributed by atoms with van der Waals surface area (Å²) in [5.41, 5.74) is 0. The molecule has 2 rings (SSSR count). The number of anilines is 2. The first-order valence-corrected chi connectivity index (χ1v) is 7.22. The lowest BCUT2D eigenvalue weighted by molar-refractivity contribution is 0.787. The number of rotatable bonds is 5. The van der Waals surface area contributed by atoms with Crippen molar-refractivity contribution in [3.63, 3.8) is 0 Å². The van der Waals surface area contributed by atoms with Gasteiger partial charge in [-0.25, -0.2) is 0 Å². The van der Waals surface area contributed by atoms with Gasteiger partial charge in [-0.05, 0) is 30.0 Å². The Morgan fingerprint density at radius 1 is 1.21 bits per heavy atom. The molecular weight excluding hydrogens is 282 g/mol. The molecule has 0 aromatic carbocycles. The molecule has 7 heteroatoms. The van der Waals surface area contributed by atoms with Gasteiger partial charge in [0.05, 0.1) is 6.54 Å². The zero-order chi connectivity index (χ0) is 13.8. The molecule has 0 bridgehead atoms. The molecule has 0 amide bonds. The summed E-state index contributed by atoms with van der Waals surface area (Å²) < 4.78 is 0. The molecule has 2 aromatic heterocycles. The highest BCUT2D eigenvalue weighted by molar-refractivity contribution is 7.09. The van der Waals surface area contributed by atoms with E-state index in [1.54, 1.807) is 11.3 Å². The second-order valence-corrected chi connectivity index (χ2v) is 5.56. The van der Waals surface area contributed by atoms with E-state index in [4.69, 9.17) is 11.6 Å². The molecule has 0 fully saturated rings. The van der Waals surface area contributed by atoms with Gasteiger partial charge in [0.15, 0.2) is 0 Å². The molecule has 0 unspecified atom stereocenters. The van der Waals surface area contributed by atoms with Gasteiger partial charge in [0.25, 0.3) is 0 Å². The van der Waals surface area contributed by atoms with Crippen LogP contribution in [0.25, 0.3) is 0 Å². The quantitative estimate of drug-likeness (QED) is 0.849. The van der Waals surface area contributed by atoms with Crippen LogP contribution in [0.5, 0.6) is 0 Å². The van der Waals surface area contributed by atoms with Crippen LogP contribution >= 0.6 is 22.9 Å². The molecule has 0 aliphatic rings. The standard InChI is InChI=1S/C12H16ClN5S/c1-4-18(8-9-6-5-7-19-9)12-15-10(13)14-11(16-12)17(2)3/h5-7H,4,8H2,1-3H3. The summed E-state index contributed by atoms with van der Waals surface area (Å²) in [5.74, 6) is 1.18. The van der Waals surface area contributed by atoms with E-state index in [-0.39, 0.29) is 5.28 Å². The Hall–Kier alpha value is -1.40. The average molecular weight is 298 g/mol. The Kier molecular flexibility index (Phi) is 4.55. The Balaban J connectivity index is 2.27. The van der Waals surface area contributed by atoms with Crippen LogP contribution in [0, 0.1) is 0 Å². The monoisotopic (exact) mass is 297 g/mol. The van der Waals surface area contributed by atoms with Gasteiger partial charge in [0.2, 0.25) is 17.2 Å². The highest BCUT2D eigenvalue weighted by Gasteiger charge is 2.13. The largest absolute Gasteiger partial charge is 0.347 e. The van der Waals surface area contributed by atoms with Gasteiger partial charge in [0, 0.05) is 25.5 Å². The molecular formula is C12H16ClN5S. The zero-order valence-corrected chi connectivity index (χ0v) is 12.7. The fourth-order valence-corrected chi connectivity index (χ4v) is 2.46. The molecule has 0 spiro atoms. The molecule has 2 aromatic rings. The van der Waals surface area contributed by atoms with Gasteiger partial charge >= 0.3 is 0 Å². The third-order valence-corrected chi connectivity index (χ3v) is 3.61. The van der Waals surface area contributed by atoms with Crippen LogP contribution in [-0.2, 0) is 6.54 Å². The first-order valence-electron chi connectivity index (χ1n) is 5.96. The maximum atomic E-state index is 5.96.